The van der Waals surface area contributed by atoms with Crippen LogP contribution < -0.4 is 0 Å². The zero-order valence-corrected chi connectivity index (χ0v) is 9.36. The fourth-order valence-electron chi connectivity index (χ4n) is 1.29. The first-order valence-electron chi connectivity index (χ1n) is 4.99. The number of furan rings is 1. The van der Waals surface area contributed by atoms with Gasteiger partial charge in [-0.05, 0) is 33.0 Å². The summed E-state index contributed by atoms with van der Waals surface area (Å²) in [6.07, 6.45) is 0.738. The van der Waals surface area contributed by atoms with E-state index in [1.807, 2.05) is 19.1 Å². The van der Waals surface area contributed by atoms with Crippen molar-refractivity contribution < 1.29 is 14.3 Å². The molecule has 0 amide bonds. The van der Waals surface area contributed by atoms with Crippen LogP contribution in [0.1, 0.15) is 18.4 Å². The lowest BCUT2D eigenvalue weighted by atomic mass is 10.2. The quantitative estimate of drug-likeness (QED) is 0.802. The molecule has 0 spiro atoms. The van der Waals surface area contributed by atoms with E-state index in [-0.39, 0.29) is 0 Å². The fourth-order valence-corrected chi connectivity index (χ4v) is 1.29. The molecule has 1 N–H and O–H groups in total. The van der Waals surface area contributed by atoms with Gasteiger partial charge in [0.15, 0.2) is 0 Å². The van der Waals surface area contributed by atoms with E-state index in [9.17, 15) is 4.79 Å². The van der Waals surface area contributed by atoms with Crippen LogP contribution in [0.3, 0.4) is 0 Å². The summed E-state index contributed by atoms with van der Waals surface area (Å²) in [4.78, 5) is 12.5. The van der Waals surface area contributed by atoms with Crippen molar-refractivity contribution in [2.45, 2.75) is 26.3 Å². The molecule has 0 fully saturated rings. The van der Waals surface area contributed by atoms with Crippen LogP contribution in [0.25, 0.3) is 0 Å². The minimum Gasteiger partial charge on any atom is -0.480 e. The van der Waals surface area contributed by atoms with Crippen LogP contribution >= 0.6 is 0 Å². The van der Waals surface area contributed by atoms with Crippen LogP contribution in [-0.4, -0.2) is 35.6 Å². The molecule has 1 aromatic heterocycles. The van der Waals surface area contributed by atoms with Gasteiger partial charge in [0.1, 0.15) is 17.6 Å². The van der Waals surface area contributed by atoms with Crippen LogP contribution in [0.15, 0.2) is 16.5 Å². The van der Waals surface area contributed by atoms with Gasteiger partial charge in [0.2, 0.25) is 0 Å². The smallest absolute Gasteiger partial charge is 0.320 e. The Hall–Kier alpha value is -1.29. The van der Waals surface area contributed by atoms with Crippen molar-refractivity contribution in [3.8, 4) is 0 Å². The molecule has 0 aromatic carbocycles. The molecule has 1 aromatic rings. The second-order valence-corrected chi connectivity index (χ2v) is 3.76. The summed E-state index contributed by atoms with van der Waals surface area (Å²) < 4.78 is 5.40. The summed E-state index contributed by atoms with van der Waals surface area (Å²) in [6.45, 7) is 4.25. The molecule has 1 atom stereocenters. The Morgan fingerprint density at radius 3 is 2.73 bits per heavy atom. The zero-order chi connectivity index (χ0) is 11.4. The first-order chi connectivity index (χ1) is 7.00. The van der Waals surface area contributed by atoms with Crippen LogP contribution in [-0.2, 0) is 11.2 Å². The summed E-state index contributed by atoms with van der Waals surface area (Å²) >= 11 is 0. The van der Waals surface area contributed by atoms with E-state index >= 15 is 0 Å². The third-order valence-corrected chi connectivity index (χ3v) is 2.53. The van der Waals surface area contributed by atoms with Gasteiger partial charge in [-0.3, -0.25) is 9.69 Å². The third kappa shape index (κ3) is 3.40. The summed E-state index contributed by atoms with van der Waals surface area (Å²) in [5.41, 5.74) is 0. The summed E-state index contributed by atoms with van der Waals surface area (Å²) in [6, 6.07) is 3.38. The van der Waals surface area contributed by atoms with Crippen LogP contribution in [0.2, 0.25) is 0 Å². The minimum absolute atomic E-state index is 0.457. The van der Waals surface area contributed by atoms with Crippen LogP contribution in [0, 0.1) is 6.92 Å². The van der Waals surface area contributed by atoms with Crippen molar-refractivity contribution in [1.82, 2.24) is 4.90 Å². The standard InChI is InChI=1S/C11H17NO3/c1-8-4-5-10(15-8)6-7-12(3)9(2)11(13)14/h4-5,9H,6-7H2,1-3H3,(H,13,14). The molecule has 0 saturated heterocycles. The number of rotatable bonds is 5. The molecule has 1 unspecified atom stereocenters. The summed E-state index contributed by atoms with van der Waals surface area (Å²) in [7, 11) is 1.80. The lowest BCUT2D eigenvalue weighted by Crippen LogP contribution is -2.37. The fraction of sp³-hybridized carbons (Fsp3) is 0.545. The van der Waals surface area contributed by atoms with E-state index in [1.54, 1.807) is 18.9 Å². The van der Waals surface area contributed by atoms with Crippen molar-refractivity contribution >= 4 is 5.97 Å². The first-order valence-corrected chi connectivity index (χ1v) is 4.99. The number of hydrogen-bond donors (Lipinski definition) is 1. The predicted octanol–water partition coefficient (Wildman–Crippen LogP) is 1.54. The first kappa shape index (κ1) is 11.8. The molecule has 0 radical (unpaired) electrons. The van der Waals surface area contributed by atoms with E-state index in [2.05, 4.69) is 0 Å². The summed E-state index contributed by atoms with van der Waals surface area (Å²) in [5, 5.41) is 8.79. The Labute approximate surface area is 89.5 Å². The Morgan fingerprint density at radius 1 is 1.60 bits per heavy atom. The lowest BCUT2D eigenvalue weighted by molar-refractivity contribution is -0.142. The molecule has 0 bridgehead atoms. The number of nitrogens with zero attached hydrogens (tertiary/aromatic N) is 1. The van der Waals surface area contributed by atoms with Crippen LogP contribution in [0.4, 0.5) is 0 Å². The number of carboxylic acids is 1. The average molecular weight is 211 g/mol. The number of carboxylic acid groups (broad SMARTS) is 1. The van der Waals surface area contributed by atoms with E-state index in [4.69, 9.17) is 9.52 Å². The Balaban J connectivity index is 2.40. The van der Waals surface area contributed by atoms with Gasteiger partial charge in [0.05, 0.1) is 0 Å². The maximum atomic E-state index is 10.7. The van der Waals surface area contributed by atoms with Crippen LogP contribution in [0.5, 0.6) is 0 Å². The van der Waals surface area contributed by atoms with Gasteiger partial charge in [0, 0.05) is 13.0 Å². The SMILES string of the molecule is Cc1ccc(CCN(C)C(C)C(=O)O)o1. The molecule has 1 heterocycles. The van der Waals surface area contributed by atoms with Gasteiger partial charge in [-0.15, -0.1) is 0 Å². The Morgan fingerprint density at radius 2 is 2.27 bits per heavy atom. The maximum Gasteiger partial charge on any atom is 0.320 e. The highest BCUT2D eigenvalue weighted by molar-refractivity contribution is 5.72. The number of aliphatic carboxylic acids is 1. The number of carbonyl (C=O) groups is 1. The normalized spacial score (nSPS) is 13.1. The van der Waals surface area contributed by atoms with E-state index in [1.165, 1.54) is 0 Å². The molecular weight excluding hydrogens is 194 g/mol. The molecule has 15 heavy (non-hydrogen) atoms. The molecule has 0 saturated carbocycles. The highest BCUT2D eigenvalue weighted by Crippen LogP contribution is 2.08. The molecule has 0 aliphatic rings. The van der Waals surface area contributed by atoms with Crippen molar-refractivity contribution in [3.63, 3.8) is 0 Å². The monoisotopic (exact) mass is 211 g/mol. The predicted molar refractivity (Wildman–Crippen MR) is 56.9 cm³/mol. The number of likely N-dealkylation sites (N-methyl/N-ethyl adjacent to an activating group) is 1. The Bertz CT molecular complexity index is 332. The molecule has 1 rings (SSSR count). The second-order valence-electron chi connectivity index (χ2n) is 3.76. The Kier molecular flexibility index (Phi) is 3.91. The van der Waals surface area contributed by atoms with Gasteiger partial charge in [-0.2, -0.15) is 0 Å². The highest BCUT2D eigenvalue weighted by atomic mass is 16.4. The van der Waals surface area contributed by atoms with Gasteiger partial charge in [-0.1, -0.05) is 0 Å². The van der Waals surface area contributed by atoms with Crippen molar-refractivity contribution in [1.29, 1.82) is 0 Å². The van der Waals surface area contributed by atoms with Gasteiger partial charge in [0.25, 0.3) is 0 Å². The van der Waals surface area contributed by atoms with E-state index in [0.717, 1.165) is 17.9 Å². The van der Waals surface area contributed by atoms with E-state index in [0.29, 0.717) is 6.54 Å². The van der Waals surface area contributed by atoms with Crippen molar-refractivity contribution in [3.05, 3.63) is 23.7 Å². The topological polar surface area (TPSA) is 53.7 Å². The van der Waals surface area contributed by atoms with Gasteiger partial charge in [-0.25, -0.2) is 0 Å². The van der Waals surface area contributed by atoms with Gasteiger partial charge >= 0.3 is 5.97 Å². The van der Waals surface area contributed by atoms with Gasteiger partial charge < -0.3 is 9.52 Å². The largest absolute Gasteiger partial charge is 0.480 e. The molecule has 84 valence electrons. The number of hydrogen-bond acceptors (Lipinski definition) is 3. The highest BCUT2D eigenvalue weighted by Gasteiger charge is 2.16. The summed E-state index contributed by atoms with van der Waals surface area (Å²) in [5.74, 6) is 0.990. The second kappa shape index (κ2) is 4.98. The number of aryl methyl sites for hydroxylation is 1. The zero-order valence-electron chi connectivity index (χ0n) is 9.36. The minimum atomic E-state index is -0.798. The molecule has 4 nitrogen and oxygen atoms in total. The molecule has 0 aliphatic carbocycles. The van der Waals surface area contributed by atoms with E-state index < -0.39 is 12.0 Å². The average Bonchev–Trinajstić information content (AvgIpc) is 2.59. The lowest BCUT2D eigenvalue weighted by Gasteiger charge is -2.20. The molecular formula is C11H17NO3. The van der Waals surface area contributed by atoms with Crippen molar-refractivity contribution in [2.24, 2.45) is 0 Å². The van der Waals surface area contributed by atoms with Crippen molar-refractivity contribution in [2.75, 3.05) is 13.6 Å². The molecule has 4 heteroatoms. The maximum absolute atomic E-state index is 10.7. The third-order valence-electron chi connectivity index (χ3n) is 2.53. The molecule has 0 aliphatic heterocycles.